The van der Waals surface area contributed by atoms with E-state index in [4.69, 9.17) is 15.8 Å². The lowest BCUT2D eigenvalue weighted by molar-refractivity contribution is -0.148. The number of likely N-dealkylation sites (tertiary alicyclic amines) is 1. The lowest BCUT2D eigenvalue weighted by atomic mass is 9.66. The van der Waals surface area contributed by atoms with Crippen LogP contribution in [-0.2, 0) is 4.79 Å². The second-order valence-electron chi connectivity index (χ2n) is 7.11. The maximum Gasteiger partial charge on any atom is 0.451 e. The predicted molar refractivity (Wildman–Crippen MR) is 99.8 cm³/mol. The van der Waals surface area contributed by atoms with Crippen molar-refractivity contribution in [2.75, 3.05) is 19.6 Å². The molecule has 1 aliphatic heterocycles. The molecule has 0 aromatic rings. The third-order valence-corrected chi connectivity index (χ3v) is 5.44. The van der Waals surface area contributed by atoms with E-state index in [-0.39, 0.29) is 43.0 Å². The Balaban J connectivity index is 0.00000264. The zero-order chi connectivity index (χ0) is 16.2. The van der Waals surface area contributed by atoms with Crippen LogP contribution in [0.4, 0.5) is 0 Å². The van der Waals surface area contributed by atoms with E-state index in [2.05, 4.69) is 4.90 Å². The predicted octanol–water partition coefficient (Wildman–Crippen LogP) is 1.38. The van der Waals surface area contributed by atoms with Crippen LogP contribution in [0.5, 0.6) is 0 Å². The number of nitrogens with zero attached hydrogens (tertiary/aromatic N) is 1. The van der Waals surface area contributed by atoms with Crippen molar-refractivity contribution < 1.29 is 19.9 Å². The lowest BCUT2D eigenvalue weighted by Gasteiger charge is -2.44. The van der Waals surface area contributed by atoms with Gasteiger partial charge in [-0.2, -0.15) is 0 Å². The zero-order valence-electron chi connectivity index (χ0n) is 14.1. The summed E-state index contributed by atoms with van der Waals surface area (Å²) >= 11 is 0. The van der Waals surface area contributed by atoms with E-state index in [9.17, 15) is 9.90 Å². The molecule has 2 rings (SSSR count). The van der Waals surface area contributed by atoms with Crippen LogP contribution in [0.15, 0.2) is 0 Å². The number of hydrogen-bond donors (Lipinski definition) is 4. The highest BCUT2D eigenvalue weighted by molar-refractivity contribution is 6.40. The fourth-order valence-corrected chi connectivity index (χ4v) is 4.04. The average molecular weight is 385 g/mol. The van der Waals surface area contributed by atoms with Crippen LogP contribution in [0.25, 0.3) is 0 Å². The molecule has 24 heavy (non-hydrogen) atoms. The summed E-state index contributed by atoms with van der Waals surface area (Å²) < 4.78 is 0. The van der Waals surface area contributed by atoms with Crippen LogP contribution >= 0.6 is 24.8 Å². The van der Waals surface area contributed by atoms with E-state index < -0.39 is 18.6 Å². The van der Waals surface area contributed by atoms with Crippen molar-refractivity contribution in [3.05, 3.63) is 0 Å². The van der Waals surface area contributed by atoms with Gasteiger partial charge < -0.3 is 25.8 Å². The molecule has 142 valence electrons. The molecule has 2 aliphatic rings. The Morgan fingerprint density at radius 1 is 1.17 bits per heavy atom. The van der Waals surface area contributed by atoms with E-state index in [1.54, 1.807) is 0 Å². The molecular formula is C15H31BCl2N2O4. The largest absolute Gasteiger partial charge is 0.480 e. The first kappa shape index (κ1) is 24.0. The van der Waals surface area contributed by atoms with E-state index >= 15 is 0 Å². The van der Waals surface area contributed by atoms with Gasteiger partial charge in [-0.25, -0.2) is 0 Å². The molecule has 6 nitrogen and oxygen atoms in total. The van der Waals surface area contributed by atoms with Crippen molar-refractivity contribution in [3.8, 4) is 0 Å². The van der Waals surface area contributed by atoms with Crippen molar-refractivity contribution in [2.24, 2.45) is 17.6 Å². The molecule has 1 saturated carbocycles. The third kappa shape index (κ3) is 6.35. The number of hydrogen-bond acceptors (Lipinski definition) is 5. The summed E-state index contributed by atoms with van der Waals surface area (Å²) in [6.07, 6.45) is 6.73. The second kappa shape index (κ2) is 10.8. The number of carboxylic acid groups (broad SMARTS) is 1. The molecule has 2 fully saturated rings. The molecule has 1 heterocycles. The SMILES string of the molecule is Cl.Cl.NC1(C(=O)O)CC(CCB(O)O)CCC1CN1CCCCC1. The highest BCUT2D eigenvalue weighted by Crippen LogP contribution is 2.38. The Labute approximate surface area is 157 Å². The monoisotopic (exact) mass is 384 g/mol. The van der Waals surface area contributed by atoms with Crippen molar-refractivity contribution in [1.82, 2.24) is 4.90 Å². The zero-order valence-corrected chi connectivity index (χ0v) is 15.7. The van der Waals surface area contributed by atoms with Crippen LogP contribution in [0.2, 0.25) is 6.32 Å². The summed E-state index contributed by atoms with van der Waals surface area (Å²) in [7, 11) is -1.32. The van der Waals surface area contributed by atoms with Crippen molar-refractivity contribution >= 4 is 37.9 Å². The first-order valence-electron chi connectivity index (χ1n) is 8.52. The molecular weight excluding hydrogens is 354 g/mol. The quantitative estimate of drug-likeness (QED) is 0.515. The summed E-state index contributed by atoms with van der Waals surface area (Å²) in [6, 6.07) is 0. The van der Waals surface area contributed by atoms with Gasteiger partial charge in [-0.05, 0) is 57.4 Å². The van der Waals surface area contributed by atoms with Gasteiger partial charge in [0, 0.05) is 12.5 Å². The molecule has 0 amide bonds. The molecule has 0 aromatic heterocycles. The maximum atomic E-state index is 11.8. The van der Waals surface area contributed by atoms with Crippen LogP contribution in [0.3, 0.4) is 0 Å². The summed E-state index contributed by atoms with van der Waals surface area (Å²) in [5.41, 5.74) is 5.13. The van der Waals surface area contributed by atoms with Gasteiger partial charge in [0.25, 0.3) is 0 Å². The number of rotatable bonds is 6. The van der Waals surface area contributed by atoms with Crippen molar-refractivity contribution in [3.63, 3.8) is 0 Å². The number of carboxylic acids is 1. The minimum atomic E-state index is -1.32. The van der Waals surface area contributed by atoms with Crippen LogP contribution in [0, 0.1) is 11.8 Å². The molecule has 0 spiro atoms. The van der Waals surface area contributed by atoms with Gasteiger partial charge in [0.1, 0.15) is 5.54 Å². The average Bonchev–Trinajstić information content (AvgIpc) is 2.48. The van der Waals surface area contributed by atoms with Crippen LogP contribution in [0.1, 0.15) is 44.9 Å². The molecule has 3 atom stereocenters. The lowest BCUT2D eigenvalue weighted by Crippen LogP contribution is -2.60. The van der Waals surface area contributed by atoms with E-state index in [1.807, 2.05) is 0 Å². The highest BCUT2D eigenvalue weighted by Gasteiger charge is 2.47. The maximum absolute atomic E-state index is 11.8. The smallest absolute Gasteiger partial charge is 0.451 e. The molecule has 1 saturated heterocycles. The fraction of sp³-hybridized carbons (Fsp3) is 0.933. The second-order valence-corrected chi connectivity index (χ2v) is 7.11. The standard InChI is InChI=1S/C15H29BN2O4.2ClH/c17-15(14(19)20)10-12(6-7-16(21)22)4-5-13(15)11-18-8-2-1-3-9-18;;/h12-13,21-22H,1-11,17H2,(H,19,20);2*1H. The Bertz CT molecular complexity index is 386. The number of carbonyl (C=O) groups is 1. The van der Waals surface area contributed by atoms with Gasteiger partial charge in [-0.3, -0.25) is 4.79 Å². The summed E-state index contributed by atoms with van der Waals surface area (Å²) in [5.74, 6) is -0.761. The fourth-order valence-electron chi connectivity index (χ4n) is 4.04. The van der Waals surface area contributed by atoms with Crippen molar-refractivity contribution in [1.29, 1.82) is 0 Å². The van der Waals surface area contributed by atoms with Gasteiger partial charge in [0.15, 0.2) is 0 Å². The van der Waals surface area contributed by atoms with E-state index in [1.165, 1.54) is 19.3 Å². The minimum Gasteiger partial charge on any atom is -0.480 e. The molecule has 5 N–H and O–H groups in total. The summed E-state index contributed by atoms with van der Waals surface area (Å²) in [6.45, 7) is 2.87. The highest BCUT2D eigenvalue weighted by atomic mass is 35.5. The Morgan fingerprint density at radius 3 is 2.33 bits per heavy atom. The normalized spacial score (nSPS) is 30.8. The van der Waals surface area contributed by atoms with E-state index in [0.29, 0.717) is 12.8 Å². The molecule has 1 aliphatic carbocycles. The molecule has 0 aromatic carbocycles. The minimum absolute atomic E-state index is 0. The molecule has 0 bridgehead atoms. The van der Waals surface area contributed by atoms with Gasteiger partial charge in [-0.15, -0.1) is 24.8 Å². The molecule has 0 radical (unpaired) electrons. The van der Waals surface area contributed by atoms with Gasteiger partial charge in [0.05, 0.1) is 0 Å². The first-order chi connectivity index (χ1) is 10.4. The van der Waals surface area contributed by atoms with Gasteiger partial charge in [0.2, 0.25) is 0 Å². The molecule has 3 unspecified atom stereocenters. The Kier molecular flexibility index (Phi) is 10.8. The van der Waals surface area contributed by atoms with Gasteiger partial charge in [-0.1, -0.05) is 12.8 Å². The third-order valence-electron chi connectivity index (χ3n) is 5.44. The number of piperidine rings is 1. The van der Waals surface area contributed by atoms with Gasteiger partial charge >= 0.3 is 13.1 Å². The number of aliphatic carboxylic acids is 1. The summed E-state index contributed by atoms with van der Waals surface area (Å²) in [5, 5.41) is 27.6. The van der Waals surface area contributed by atoms with Crippen LogP contribution < -0.4 is 5.73 Å². The number of halogens is 2. The van der Waals surface area contributed by atoms with E-state index in [0.717, 1.165) is 32.5 Å². The topological polar surface area (TPSA) is 107 Å². The molecule has 9 heteroatoms. The Hall–Kier alpha value is -0.0451. The first-order valence-corrected chi connectivity index (χ1v) is 8.52. The number of nitrogens with two attached hydrogens (primary N) is 1. The Morgan fingerprint density at radius 2 is 1.79 bits per heavy atom. The van der Waals surface area contributed by atoms with Crippen molar-refractivity contribution in [2.45, 2.75) is 56.8 Å². The van der Waals surface area contributed by atoms with Crippen LogP contribution in [-0.4, -0.2) is 58.3 Å². The summed E-state index contributed by atoms with van der Waals surface area (Å²) in [4.78, 5) is 14.1.